The smallest absolute Gasteiger partial charge is 0.252 e. The van der Waals surface area contributed by atoms with E-state index in [9.17, 15) is 9.59 Å². The second-order valence-corrected chi connectivity index (χ2v) is 7.40. The highest BCUT2D eigenvalue weighted by molar-refractivity contribution is 6.42. The minimum Gasteiger partial charge on any atom is -0.349 e. The van der Waals surface area contributed by atoms with Crippen molar-refractivity contribution >= 4 is 47.3 Å². The molecule has 1 amide bonds. The van der Waals surface area contributed by atoms with Crippen molar-refractivity contribution in [3.8, 4) is 0 Å². The lowest BCUT2D eigenvalue weighted by atomic mass is 9.91. The SMILES string of the molecule is Cl.NC1CCC(NC(=O)c2ccccc2C(=O)c2ccc(Cl)c(Cl)c2)CC1. The number of carbonyl (C=O) groups excluding carboxylic acids is 2. The zero-order chi connectivity index (χ0) is 18.7. The predicted octanol–water partition coefficient (Wildman–Crippen LogP) is 4.65. The number of halogens is 3. The van der Waals surface area contributed by atoms with Crippen molar-refractivity contribution in [1.29, 1.82) is 0 Å². The molecule has 4 nitrogen and oxygen atoms in total. The number of benzene rings is 2. The lowest BCUT2D eigenvalue weighted by Crippen LogP contribution is -2.40. The molecule has 0 heterocycles. The van der Waals surface area contributed by atoms with Gasteiger partial charge in [-0.2, -0.15) is 0 Å². The van der Waals surface area contributed by atoms with Crippen LogP contribution in [0, 0.1) is 0 Å². The summed E-state index contributed by atoms with van der Waals surface area (Å²) in [7, 11) is 0. The Hall–Kier alpha value is -1.59. The van der Waals surface area contributed by atoms with E-state index in [-0.39, 0.29) is 36.2 Å². The van der Waals surface area contributed by atoms with Crippen molar-refractivity contribution in [1.82, 2.24) is 5.32 Å². The van der Waals surface area contributed by atoms with Gasteiger partial charge >= 0.3 is 0 Å². The Kier molecular flexibility index (Phi) is 7.68. The molecule has 27 heavy (non-hydrogen) atoms. The quantitative estimate of drug-likeness (QED) is 0.698. The molecule has 0 atom stereocenters. The molecule has 0 aliphatic heterocycles. The van der Waals surface area contributed by atoms with Crippen molar-refractivity contribution in [3.05, 3.63) is 69.2 Å². The lowest BCUT2D eigenvalue weighted by molar-refractivity contribution is 0.0916. The first-order chi connectivity index (χ1) is 12.5. The van der Waals surface area contributed by atoms with E-state index in [1.807, 2.05) is 0 Å². The minimum atomic E-state index is -0.264. The number of nitrogens with one attached hydrogen (secondary N) is 1. The number of hydrogen-bond acceptors (Lipinski definition) is 3. The predicted molar refractivity (Wildman–Crippen MR) is 111 cm³/mol. The topological polar surface area (TPSA) is 72.2 Å². The average molecular weight is 428 g/mol. The maximum atomic E-state index is 12.9. The molecule has 0 spiro atoms. The van der Waals surface area contributed by atoms with E-state index in [0.717, 1.165) is 25.7 Å². The van der Waals surface area contributed by atoms with Gasteiger partial charge in [-0.15, -0.1) is 12.4 Å². The molecule has 7 heteroatoms. The van der Waals surface area contributed by atoms with Crippen LogP contribution in [0.15, 0.2) is 42.5 Å². The van der Waals surface area contributed by atoms with Crippen LogP contribution in [0.3, 0.4) is 0 Å². The summed E-state index contributed by atoms with van der Waals surface area (Å²) >= 11 is 11.9. The molecular weight excluding hydrogens is 407 g/mol. The van der Waals surface area contributed by atoms with Crippen LogP contribution >= 0.6 is 35.6 Å². The Labute approximate surface area is 174 Å². The molecular formula is C20H21Cl3N2O2. The van der Waals surface area contributed by atoms with Crippen LogP contribution in [-0.2, 0) is 0 Å². The zero-order valence-corrected chi connectivity index (χ0v) is 16.9. The lowest BCUT2D eigenvalue weighted by Gasteiger charge is -2.27. The van der Waals surface area contributed by atoms with Gasteiger partial charge in [0.1, 0.15) is 0 Å². The Morgan fingerprint density at radius 1 is 0.926 bits per heavy atom. The first-order valence-corrected chi connectivity index (χ1v) is 9.36. The van der Waals surface area contributed by atoms with Gasteiger partial charge in [0, 0.05) is 23.2 Å². The van der Waals surface area contributed by atoms with E-state index in [0.29, 0.717) is 26.7 Å². The highest BCUT2D eigenvalue weighted by atomic mass is 35.5. The van der Waals surface area contributed by atoms with Crippen LogP contribution in [0.5, 0.6) is 0 Å². The summed E-state index contributed by atoms with van der Waals surface area (Å²) in [5, 5.41) is 3.71. The van der Waals surface area contributed by atoms with Gasteiger partial charge in [-0.3, -0.25) is 9.59 Å². The Morgan fingerprint density at radius 3 is 2.19 bits per heavy atom. The van der Waals surface area contributed by atoms with Crippen LogP contribution in [0.2, 0.25) is 10.0 Å². The molecule has 1 fully saturated rings. The molecule has 0 saturated heterocycles. The number of amides is 1. The van der Waals surface area contributed by atoms with Gasteiger partial charge in [0.05, 0.1) is 15.6 Å². The standard InChI is InChI=1S/C20H20Cl2N2O2.ClH/c21-17-10-5-12(11-18(17)22)19(25)15-3-1-2-4-16(15)20(26)24-14-8-6-13(23)7-9-14;/h1-5,10-11,13-14H,6-9,23H2,(H,24,26);1H. The summed E-state index contributed by atoms with van der Waals surface area (Å²) in [4.78, 5) is 25.6. The van der Waals surface area contributed by atoms with Gasteiger partial charge in [0.15, 0.2) is 5.78 Å². The fraction of sp³-hybridized carbons (Fsp3) is 0.300. The van der Waals surface area contributed by atoms with E-state index in [1.54, 1.807) is 36.4 Å². The summed E-state index contributed by atoms with van der Waals surface area (Å²) < 4.78 is 0. The van der Waals surface area contributed by atoms with Gasteiger partial charge in [-0.05, 0) is 49.9 Å². The Balaban J connectivity index is 0.00000261. The molecule has 0 unspecified atom stereocenters. The van der Waals surface area contributed by atoms with Crippen molar-refractivity contribution in [2.75, 3.05) is 0 Å². The van der Waals surface area contributed by atoms with Crippen molar-refractivity contribution in [2.24, 2.45) is 5.73 Å². The normalized spacial score (nSPS) is 19.1. The third-order valence-electron chi connectivity index (χ3n) is 4.71. The number of nitrogens with two attached hydrogens (primary N) is 1. The third-order valence-corrected chi connectivity index (χ3v) is 5.44. The van der Waals surface area contributed by atoms with Crippen LogP contribution in [0.1, 0.15) is 52.0 Å². The van der Waals surface area contributed by atoms with Gasteiger partial charge in [0.25, 0.3) is 5.91 Å². The van der Waals surface area contributed by atoms with Gasteiger partial charge in [-0.25, -0.2) is 0 Å². The molecule has 2 aromatic carbocycles. The summed E-state index contributed by atoms with van der Waals surface area (Å²) in [6.45, 7) is 0. The number of carbonyl (C=O) groups is 2. The van der Waals surface area contributed by atoms with Crippen LogP contribution in [0.4, 0.5) is 0 Å². The van der Waals surface area contributed by atoms with Crippen molar-refractivity contribution < 1.29 is 9.59 Å². The average Bonchev–Trinajstić information content (AvgIpc) is 2.65. The van der Waals surface area contributed by atoms with Gasteiger partial charge in [-0.1, -0.05) is 41.4 Å². The highest BCUT2D eigenvalue weighted by Crippen LogP contribution is 2.25. The molecule has 0 aromatic heterocycles. The van der Waals surface area contributed by atoms with E-state index in [1.165, 1.54) is 6.07 Å². The number of hydrogen-bond donors (Lipinski definition) is 2. The first kappa shape index (κ1) is 21.7. The summed E-state index contributed by atoms with van der Waals surface area (Å²) in [5.74, 6) is -0.505. The van der Waals surface area contributed by atoms with E-state index >= 15 is 0 Å². The fourth-order valence-electron chi connectivity index (χ4n) is 3.20. The highest BCUT2D eigenvalue weighted by Gasteiger charge is 2.23. The minimum absolute atomic E-state index is 0. The van der Waals surface area contributed by atoms with Crippen LogP contribution < -0.4 is 11.1 Å². The fourth-order valence-corrected chi connectivity index (χ4v) is 3.50. The maximum Gasteiger partial charge on any atom is 0.252 e. The van der Waals surface area contributed by atoms with E-state index in [4.69, 9.17) is 28.9 Å². The second kappa shape index (κ2) is 9.56. The molecule has 2 aromatic rings. The molecule has 0 radical (unpaired) electrons. The maximum absolute atomic E-state index is 12.9. The molecule has 3 N–H and O–H groups in total. The Morgan fingerprint density at radius 2 is 1.56 bits per heavy atom. The Bertz CT molecular complexity index is 834. The second-order valence-electron chi connectivity index (χ2n) is 6.59. The molecule has 1 aliphatic rings. The molecule has 0 bridgehead atoms. The zero-order valence-electron chi connectivity index (χ0n) is 14.6. The third kappa shape index (κ3) is 5.23. The van der Waals surface area contributed by atoms with E-state index < -0.39 is 0 Å². The molecule has 1 aliphatic carbocycles. The molecule has 3 rings (SSSR count). The molecule has 1 saturated carbocycles. The van der Waals surface area contributed by atoms with Crippen LogP contribution in [-0.4, -0.2) is 23.8 Å². The summed E-state index contributed by atoms with van der Waals surface area (Å²) in [6, 6.07) is 11.8. The van der Waals surface area contributed by atoms with Crippen molar-refractivity contribution in [3.63, 3.8) is 0 Å². The van der Waals surface area contributed by atoms with Gasteiger partial charge < -0.3 is 11.1 Å². The number of rotatable bonds is 4. The monoisotopic (exact) mass is 426 g/mol. The first-order valence-electron chi connectivity index (χ1n) is 8.61. The summed E-state index contributed by atoms with van der Waals surface area (Å²) in [5.41, 5.74) is 7.01. The molecule has 144 valence electrons. The van der Waals surface area contributed by atoms with Crippen molar-refractivity contribution in [2.45, 2.75) is 37.8 Å². The number of ketones is 1. The van der Waals surface area contributed by atoms with Crippen LogP contribution in [0.25, 0.3) is 0 Å². The largest absolute Gasteiger partial charge is 0.349 e. The van der Waals surface area contributed by atoms with Gasteiger partial charge in [0.2, 0.25) is 0 Å². The van der Waals surface area contributed by atoms with E-state index in [2.05, 4.69) is 5.32 Å². The summed E-state index contributed by atoms with van der Waals surface area (Å²) in [6.07, 6.45) is 3.51.